The number of halogens is 1. The number of fused-ring (bicyclic) bond motifs is 1. The lowest BCUT2D eigenvalue weighted by molar-refractivity contribution is -0.131. The highest BCUT2D eigenvalue weighted by atomic mass is 127. The highest BCUT2D eigenvalue weighted by molar-refractivity contribution is 14.0. The quantitative estimate of drug-likeness (QED) is 0.360. The van der Waals surface area contributed by atoms with Gasteiger partial charge in [-0.2, -0.15) is 0 Å². The molecule has 0 bridgehead atoms. The molecule has 166 valence electrons. The van der Waals surface area contributed by atoms with Crippen LogP contribution in [0.25, 0.3) is 0 Å². The van der Waals surface area contributed by atoms with Gasteiger partial charge in [0.15, 0.2) is 5.96 Å². The molecular weight excluding hydrogens is 505 g/mol. The molecule has 1 aromatic heterocycles. The van der Waals surface area contributed by atoms with Crippen LogP contribution in [0.3, 0.4) is 0 Å². The molecule has 4 rings (SSSR count). The minimum absolute atomic E-state index is 0. The Labute approximate surface area is 200 Å². The van der Waals surface area contributed by atoms with Crippen LogP contribution in [-0.2, 0) is 11.2 Å². The van der Waals surface area contributed by atoms with E-state index in [-0.39, 0.29) is 29.9 Å². The zero-order valence-corrected chi connectivity index (χ0v) is 20.2. The summed E-state index contributed by atoms with van der Waals surface area (Å²) in [5, 5.41) is 3.37. The molecule has 2 aliphatic heterocycles. The molecule has 0 unspecified atom stereocenters. The maximum Gasteiger partial charge on any atom is 0.225 e. The SMILES string of the molecule is CCNC(=NCCC(=O)N1CCN(c2ncccn2)CC1)N1CCc2ccccc21.I. The molecule has 31 heavy (non-hydrogen) atoms. The number of piperazine rings is 1. The first-order valence-corrected chi connectivity index (χ1v) is 10.7. The summed E-state index contributed by atoms with van der Waals surface area (Å²) in [6.07, 6.45) is 4.94. The van der Waals surface area contributed by atoms with Crippen LogP contribution in [0.5, 0.6) is 0 Å². The third-order valence-electron chi connectivity index (χ3n) is 5.53. The van der Waals surface area contributed by atoms with Gasteiger partial charge in [0.1, 0.15) is 0 Å². The molecule has 1 N–H and O–H groups in total. The Kier molecular flexibility index (Phi) is 8.44. The number of guanidine groups is 1. The monoisotopic (exact) mass is 535 g/mol. The molecule has 2 aliphatic rings. The Morgan fingerprint density at radius 3 is 2.55 bits per heavy atom. The van der Waals surface area contributed by atoms with Crippen molar-refractivity contribution in [3.8, 4) is 0 Å². The first-order chi connectivity index (χ1) is 14.8. The van der Waals surface area contributed by atoms with Crippen LogP contribution in [0, 0.1) is 0 Å². The number of nitrogens with zero attached hydrogens (tertiary/aromatic N) is 6. The molecule has 0 aliphatic carbocycles. The lowest BCUT2D eigenvalue weighted by Gasteiger charge is -2.34. The molecular formula is C22H30IN7O. The topological polar surface area (TPSA) is 77.0 Å². The second-order valence-corrected chi connectivity index (χ2v) is 7.43. The summed E-state index contributed by atoms with van der Waals surface area (Å²) < 4.78 is 0. The number of aliphatic imine (C=N–C) groups is 1. The van der Waals surface area contributed by atoms with E-state index < -0.39 is 0 Å². The summed E-state index contributed by atoms with van der Waals surface area (Å²) in [7, 11) is 0. The van der Waals surface area contributed by atoms with E-state index in [1.54, 1.807) is 12.4 Å². The summed E-state index contributed by atoms with van der Waals surface area (Å²) in [5.41, 5.74) is 2.56. The van der Waals surface area contributed by atoms with Crippen LogP contribution in [0.15, 0.2) is 47.7 Å². The van der Waals surface area contributed by atoms with Crippen LogP contribution >= 0.6 is 24.0 Å². The standard InChI is InChI=1S/C22H29N7O.HI/c1-2-23-22(29-13-9-18-6-3-4-7-19(18)29)26-12-8-20(30)27-14-16-28(17-15-27)21-24-10-5-11-25-21;/h3-7,10-11H,2,8-9,12-17H2,1H3,(H,23,26);1H. The van der Waals surface area contributed by atoms with Crippen molar-refractivity contribution in [2.45, 2.75) is 19.8 Å². The van der Waals surface area contributed by atoms with Gasteiger partial charge in [-0.15, -0.1) is 24.0 Å². The van der Waals surface area contributed by atoms with E-state index in [4.69, 9.17) is 4.99 Å². The fourth-order valence-corrected chi connectivity index (χ4v) is 3.98. The minimum Gasteiger partial charge on any atom is -0.356 e. The van der Waals surface area contributed by atoms with Gasteiger partial charge in [-0.05, 0) is 31.0 Å². The molecule has 0 radical (unpaired) electrons. The van der Waals surface area contributed by atoms with Crippen molar-refractivity contribution in [3.63, 3.8) is 0 Å². The number of benzene rings is 1. The Balaban J connectivity index is 0.00000272. The number of nitrogens with one attached hydrogen (secondary N) is 1. The molecule has 1 amide bonds. The van der Waals surface area contributed by atoms with Crippen LogP contribution in [0.4, 0.5) is 11.6 Å². The maximum atomic E-state index is 12.7. The van der Waals surface area contributed by atoms with E-state index in [0.29, 0.717) is 26.1 Å². The van der Waals surface area contributed by atoms with Crippen molar-refractivity contribution in [1.82, 2.24) is 20.2 Å². The van der Waals surface area contributed by atoms with E-state index in [0.717, 1.165) is 44.5 Å². The Morgan fingerprint density at radius 1 is 1.06 bits per heavy atom. The number of para-hydroxylation sites is 1. The molecule has 0 spiro atoms. The molecule has 1 saturated heterocycles. The van der Waals surface area contributed by atoms with E-state index >= 15 is 0 Å². The first-order valence-electron chi connectivity index (χ1n) is 10.7. The number of amides is 1. The Hall–Kier alpha value is -2.43. The van der Waals surface area contributed by atoms with Crippen LogP contribution in [-0.4, -0.2) is 72.5 Å². The fraction of sp³-hybridized carbons (Fsp3) is 0.455. The van der Waals surface area contributed by atoms with E-state index in [2.05, 4.69) is 56.3 Å². The first kappa shape index (κ1) is 23.2. The number of rotatable bonds is 5. The Morgan fingerprint density at radius 2 is 1.81 bits per heavy atom. The number of aromatic nitrogens is 2. The average Bonchev–Trinajstić information content (AvgIpc) is 3.23. The van der Waals surface area contributed by atoms with Crippen molar-refractivity contribution in [2.24, 2.45) is 4.99 Å². The second kappa shape index (κ2) is 11.3. The van der Waals surface area contributed by atoms with Crippen molar-refractivity contribution in [2.75, 3.05) is 55.6 Å². The molecule has 1 fully saturated rings. The molecule has 1 aromatic carbocycles. The summed E-state index contributed by atoms with van der Waals surface area (Å²) in [5.74, 6) is 1.75. The predicted octanol–water partition coefficient (Wildman–Crippen LogP) is 2.16. The molecule has 9 heteroatoms. The summed E-state index contributed by atoms with van der Waals surface area (Å²) in [6.45, 7) is 7.18. The van der Waals surface area contributed by atoms with Crippen LogP contribution in [0.1, 0.15) is 18.9 Å². The third-order valence-corrected chi connectivity index (χ3v) is 5.53. The zero-order valence-electron chi connectivity index (χ0n) is 17.9. The highest BCUT2D eigenvalue weighted by Gasteiger charge is 2.24. The highest BCUT2D eigenvalue weighted by Crippen LogP contribution is 2.27. The van der Waals surface area contributed by atoms with Gasteiger partial charge in [-0.1, -0.05) is 18.2 Å². The van der Waals surface area contributed by atoms with Gasteiger partial charge in [0.2, 0.25) is 11.9 Å². The lowest BCUT2D eigenvalue weighted by Crippen LogP contribution is -2.49. The molecule has 0 saturated carbocycles. The Bertz CT molecular complexity index is 884. The van der Waals surface area contributed by atoms with E-state index in [1.165, 1.54) is 11.3 Å². The van der Waals surface area contributed by atoms with Gasteiger partial charge in [-0.3, -0.25) is 9.79 Å². The fourth-order valence-electron chi connectivity index (χ4n) is 3.98. The van der Waals surface area contributed by atoms with Gasteiger partial charge in [-0.25, -0.2) is 9.97 Å². The zero-order chi connectivity index (χ0) is 20.8. The molecule has 2 aromatic rings. The summed E-state index contributed by atoms with van der Waals surface area (Å²) >= 11 is 0. The van der Waals surface area contributed by atoms with Gasteiger partial charge < -0.3 is 20.0 Å². The van der Waals surface area contributed by atoms with Gasteiger partial charge in [0, 0.05) is 63.8 Å². The summed E-state index contributed by atoms with van der Waals surface area (Å²) in [6, 6.07) is 10.3. The van der Waals surface area contributed by atoms with E-state index in [1.807, 2.05) is 11.0 Å². The van der Waals surface area contributed by atoms with Crippen molar-refractivity contribution >= 4 is 47.5 Å². The second-order valence-electron chi connectivity index (χ2n) is 7.43. The average molecular weight is 535 g/mol. The molecule has 3 heterocycles. The van der Waals surface area contributed by atoms with Crippen molar-refractivity contribution in [1.29, 1.82) is 0 Å². The normalized spacial score (nSPS) is 16.0. The largest absolute Gasteiger partial charge is 0.356 e. The van der Waals surface area contributed by atoms with Gasteiger partial charge >= 0.3 is 0 Å². The lowest BCUT2D eigenvalue weighted by atomic mass is 10.2. The number of anilines is 2. The minimum atomic E-state index is 0. The van der Waals surface area contributed by atoms with Crippen molar-refractivity contribution < 1.29 is 4.79 Å². The molecule has 8 nitrogen and oxygen atoms in total. The number of hydrogen-bond donors (Lipinski definition) is 1. The smallest absolute Gasteiger partial charge is 0.225 e. The maximum absolute atomic E-state index is 12.7. The third kappa shape index (κ3) is 5.63. The van der Waals surface area contributed by atoms with Gasteiger partial charge in [0.05, 0.1) is 6.54 Å². The van der Waals surface area contributed by atoms with E-state index in [9.17, 15) is 4.79 Å². The van der Waals surface area contributed by atoms with Gasteiger partial charge in [0.25, 0.3) is 0 Å². The number of carbonyl (C=O) groups excluding carboxylic acids is 1. The number of hydrogen-bond acceptors (Lipinski definition) is 5. The predicted molar refractivity (Wildman–Crippen MR) is 134 cm³/mol. The molecule has 0 atom stereocenters. The number of carbonyl (C=O) groups is 1. The van der Waals surface area contributed by atoms with Crippen LogP contribution < -0.4 is 15.1 Å². The van der Waals surface area contributed by atoms with Crippen LogP contribution in [0.2, 0.25) is 0 Å². The summed E-state index contributed by atoms with van der Waals surface area (Å²) in [4.78, 5) is 32.3. The van der Waals surface area contributed by atoms with Crippen molar-refractivity contribution in [3.05, 3.63) is 48.3 Å².